The first-order valence-corrected chi connectivity index (χ1v) is 6.24. The molecule has 2 rings (SSSR count). The molecule has 8 heteroatoms. The molecule has 0 aliphatic rings. The fraction of sp³-hybridized carbons (Fsp3) is 0.417. The van der Waals surface area contributed by atoms with Crippen LogP contribution < -0.4 is 20.9 Å². The van der Waals surface area contributed by atoms with Gasteiger partial charge in [0.05, 0.1) is 13.2 Å². The van der Waals surface area contributed by atoms with E-state index in [0.717, 1.165) is 11.5 Å². The van der Waals surface area contributed by atoms with Crippen LogP contribution in [0.2, 0.25) is 0 Å². The van der Waals surface area contributed by atoms with Gasteiger partial charge >= 0.3 is 6.01 Å². The minimum absolute atomic E-state index is 0.230. The number of anilines is 2. The van der Waals surface area contributed by atoms with E-state index in [1.54, 1.807) is 0 Å². The number of rotatable bonds is 6. The molecule has 20 heavy (non-hydrogen) atoms. The number of hydrogen-bond donors (Lipinski definition) is 2. The van der Waals surface area contributed by atoms with Crippen molar-refractivity contribution in [2.45, 2.75) is 20.4 Å². The van der Waals surface area contributed by atoms with Gasteiger partial charge in [-0.15, -0.1) is 0 Å². The van der Waals surface area contributed by atoms with Gasteiger partial charge in [-0.1, -0.05) is 0 Å². The van der Waals surface area contributed by atoms with Crippen molar-refractivity contribution in [3.63, 3.8) is 0 Å². The van der Waals surface area contributed by atoms with Crippen LogP contribution in [0.1, 0.15) is 18.4 Å². The lowest BCUT2D eigenvalue weighted by molar-refractivity contribution is 0.312. The maximum absolute atomic E-state index is 5.53. The molecule has 0 saturated carbocycles. The lowest BCUT2D eigenvalue weighted by atomic mass is 10.4. The predicted molar refractivity (Wildman–Crippen MR) is 74.4 cm³/mol. The minimum atomic E-state index is 0.230. The standard InChI is InChI=1S/C12H18N6O2/c1-4-19-12-15-10(17-13)14-11(16-12)18(3)7-9-6-5-8(2)20-9/h5-6H,4,7,13H2,1-3H3,(H,14,15,16,17). The Kier molecular flexibility index (Phi) is 4.36. The summed E-state index contributed by atoms with van der Waals surface area (Å²) in [5.41, 5.74) is 2.40. The van der Waals surface area contributed by atoms with Crippen molar-refractivity contribution in [2.24, 2.45) is 5.84 Å². The van der Waals surface area contributed by atoms with Gasteiger partial charge in [0, 0.05) is 7.05 Å². The smallest absolute Gasteiger partial charge is 0.323 e. The van der Waals surface area contributed by atoms with Gasteiger partial charge < -0.3 is 14.1 Å². The number of ether oxygens (including phenoxy) is 1. The molecule has 0 aliphatic carbocycles. The number of aryl methyl sites for hydroxylation is 1. The maximum atomic E-state index is 5.53. The molecule has 0 fully saturated rings. The molecular formula is C12H18N6O2. The summed E-state index contributed by atoms with van der Waals surface area (Å²) in [4.78, 5) is 14.2. The van der Waals surface area contributed by atoms with Crippen LogP contribution in [0.25, 0.3) is 0 Å². The fourth-order valence-electron chi connectivity index (χ4n) is 1.65. The first kappa shape index (κ1) is 14.1. The topological polar surface area (TPSA) is 102 Å². The molecule has 0 radical (unpaired) electrons. The summed E-state index contributed by atoms with van der Waals surface area (Å²) in [6, 6.07) is 4.06. The van der Waals surface area contributed by atoms with E-state index in [4.69, 9.17) is 15.0 Å². The number of aromatic nitrogens is 3. The highest BCUT2D eigenvalue weighted by Gasteiger charge is 2.12. The summed E-state index contributed by atoms with van der Waals surface area (Å²) in [6.07, 6.45) is 0. The monoisotopic (exact) mass is 278 g/mol. The molecule has 108 valence electrons. The summed E-state index contributed by atoms with van der Waals surface area (Å²) in [6.45, 7) is 4.76. The minimum Gasteiger partial charge on any atom is -0.464 e. The van der Waals surface area contributed by atoms with Crippen molar-refractivity contribution in [3.05, 3.63) is 23.7 Å². The third-order valence-electron chi connectivity index (χ3n) is 2.54. The van der Waals surface area contributed by atoms with Crippen molar-refractivity contribution in [3.8, 4) is 6.01 Å². The van der Waals surface area contributed by atoms with E-state index in [0.29, 0.717) is 19.1 Å². The highest BCUT2D eigenvalue weighted by Crippen LogP contribution is 2.16. The number of furan rings is 1. The second-order valence-corrected chi connectivity index (χ2v) is 4.19. The number of nitrogens with zero attached hydrogens (tertiary/aromatic N) is 4. The molecule has 2 aromatic rings. The van der Waals surface area contributed by atoms with E-state index in [9.17, 15) is 0 Å². The predicted octanol–water partition coefficient (Wildman–Crippen LogP) is 1.09. The first-order chi connectivity index (χ1) is 9.62. The highest BCUT2D eigenvalue weighted by molar-refractivity contribution is 5.37. The van der Waals surface area contributed by atoms with Crippen molar-refractivity contribution < 1.29 is 9.15 Å². The molecule has 3 N–H and O–H groups in total. The van der Waals surface area contributed by atoms with E-state index in [1.165, 1.54) is 0 Å². The van der Waals surface area contributed by atoms with Crippen molar-refractivity contribution in [1.29, 1.82) is 0 Å². The van der Waals surface area contributed by atoms with Gasteiger partial charge in [0.2, 0.25) is 11.9 Å². The largest absolute Gasteiger partial charge is 0.464 e. The molecule has 0 bridgehead atoms. The lowest BCUT2D eigenvalue weighted by Gasteiger charge is -2.16. The summed E-state index contributed by atoms with van der Waals surface area (Å²) < 4.78 is 10.8. The van der Waals surface area contributed by atoms with Gasteiger partial charge in [-0.05, 0) is 26.0 Å². The molecule has 0 atom stereocenters. The van der Waals surface area contributed by atoms with Gasteiger partial charge in [0.1, 0.15) is 11.5 Å². The summed E-state index contributed by atoms with van der Waals surface area (Å²) in [7, 11) is 1.85. The second kappa shape index (κ2) is 6.20. The number of nitrogens with two attached hydrogens (primary N) is 1. The molecule has 0 aliphatic heterocycles. The van der Waals surface area contributed by atoms with Crippen molar-refractivity contribution in [2.75, 3.05) is 24.0 Å². The van der Waals surface area contributed by atoms with Crippen LogP contribution >= 0.6 is 0 Å². The Morgan fingerprint density at radius 3 is 2.75 bits per heavy atom. The Labute approximate surface area is 116 Å². The molecular weight excluding hydrogens is 260 g/mol. The Morgan fingerprint density at radius 2 is 2.15 bits per heavy atom. The van der Waals surface area contributed by atoms with Crippen LogP contribution in [0.3, 0.4) is 0 Å². The van der Waals surface area contributed by atoms with E-state index in [1.807, 2.05) is 37.9 Å². The van der Waals surface area contributed by atoms with Gasteiger partial charge in [-0.2, -0.15) is 15.0 Å². The maximum Gasteiger partial charge on any atom is 0.323 e. The molecule has 0 saturated heterocycles. The Morgan fingerprint density at radius 1 is 1.35 bits per heavy atom. The molecule has 2 heterocycles. The summed E-state index contributed by atoms with van der Waals surface area (Å²) in [5, 5.41) is 0. The number of hydrazine groups is 1. The van der Waals surface area contributed by atoms with E-state index in [2.05, 4.69) is 20.4 Å². The van der Waals surface area contributed by atoms with Crippen LogP contribution in [-0.2, 0) is 6.54 Å². The average molecular weight is 278 g/mol. The van der Waals surface area contributed by atoms with Crippen molar-refractivity contribution >= 4 is 11.9 Å². The van der Waals surface area contributed by atoms with Gasteiger partial charge in [0.15, 0.2) is 0 Å². The highest BCUT2D eigenvalue weighted by atomic mass is 16.5. The molecule has 0 aromatic carbocycles. The Balaban J connectivity index is 2.19. The van der Waals surface area contributed by atoms with Gasteiger partial charge in [-0.3, -0.25) is 5.43 Å². The Hall–Kier alpha value is -2.35. The molecule has 0 amide bonds. The third kappa shape index (κ3) is 3.35. The SMILES string of the molecule is CCOc1nc(NN)nc(N(C)Cc2ccc(C)o2)n1. The van der Waals surface area contributed by atoms with Crippen LogP contribution in [0.15, 0.2) is 16.5 Å². The molecule has 0 spiro atoms. The lowest BCUT2D eigenvalue weighted by Crippen LogP contribution is -2.21. The third-order valence-corrected chi connectivity index (χ3v) is 2.54. The summed E-state index contributed by atoms with van der Waals surface area (Å²) in [5.74, 6) is 7.73. The fourth-order valence-corrected chi connectivity index (χ4v) is 1.65. The normalized spacial score (nSPS) is 10.4. The zero-order valence-corrected chi connectivity index (χ0v) is 11.8. The van der Waals surface area contributed by atoms with Crippen LogP contribution in [0, 0.1) is 6.92 Å². The molecule has 8 nitrogen and oxygen atoms in total. The summed E-state index contributed by atoms with van der Waals surface area (Å²) >= 11 is 0. The Bertz CT molecular complexity index is 571. The molecule has 2 aromatic heterocycles. The number of nitrogen functional groups attached to an aromatic ring is 1. The quantitative estimate of drug-likeness (QED) is 0.598. The van der Waals surface area contributed by atoms with Gasteiger partial charge in [0.25, 0.3) is 0 Å². The van der Waals surface area contributed by atoms with E-state index < -0.39 is 0 Å². The van der Waals surface area contributed by atoms with Gasteiger partial charge in [-0.25, -0.2) is 5.84 Å². The van der Waals surface area contributed by atoms with Crippen LogP contribution in [-0.4, -0.2) is 28.6 Å². The number of hydrogen-bond acceptors (Lipinski definition) is 8. The average Bonchev–Trinajstić information content (AvgIpc) is 2.84. The van der Waals surface area contributed by atoms with Crippen LogP contribution in [0.4, 0.5) is 11.9 Å². The second-order valence-electron chi connectivity index (χ2n) is 4.19. The van der Waals surface area contributed by atoms with Crippen LogP contribution in [0.5, 0.6) is 6.01 Å². The van der Waals surface area contributed by atoms with E-state index in [-0.39, 0.29) is 12.0 Å². The zero-order valence-electron chi connectivity index (χ0n) is 11.8. The van der Waals surface area contributed by atoms with E-state index >= 15 is 0 Å². The number of nitrogens with one attached hydrogen (secondary N) is 1. The molecule has 0 unspecified atom stereocenters. The first-order valence-electron chi connectivity index (χ1n) is 6.24. The zero-order chi connectivity index (χ0) is 14.5. The van der Waals surface area contributed by atoms with Crippen molar-refractivity contribution in [1.82, 2.24) is 15.0 Å².